The summed E-state index contributed by atoms with van der Waals surface area (Å²) < 4.78 is 72.9. The zero-order chi connectivity index (χ0) is 31.1. The van der Waals surface area contributed by atoms with Gasteiger partial charge in [0.05, 0.1) is 42.3 Å². The molecule has 9 nitrogen and oxygen atoms in total. The van der Waals surface area contributed by atoms with E-state index in [9.17, 15) is 31.5 Å². The van der Waals surface area contributed by atoms with Crippen molar-refractivity contribution < 1.29 is 36.1 Å². The van der Waals surface area contributed by atoms with Crippen LogP contribution in [0.4, 0.5) is 22.0 Å². The van der Waals surface area contributed by atoms with Gasteiger partial charge >= 0.3 is 6.18 Å². The fraction of sp³-hybridized carbons (Fsp3) is 0.621. The summed E-state index contributed by atoms with van der Waals surface area (Å²) in [7, 11) is 0. The Hall–Kier alpha value is -3.58. The summed E-state index contributed by atoms with van der Waals surface area (Å²) >= 11 is 0. The number of rotatable bonds is 10. The normalized spacial score (nSPS) is 19.0. The number of halogens is 5. The van der Waals surface area contributed by atoms with Crippen molar-refractivity contribution in [2.75, 3.05) is 0 Å². The number of alkyl halides is 5. The molecule has 43 heavy (non-hydrogen) atoms. The summed E-state index contributed by atoms with van der Waals surface area (Å²) in [6.07, 6.45) is -1.75. The molecule has 2 aliphatic carbocycles. The number of aromatic nitrogens is 4. The second-order valence-corrected chi connectivity index (χ2v) is 12.1. The second kappa shape index (κ2) is 11.8. The van der Waals surface area contributed by atoms with Gasteiger partial charge in [-0.2, -0.15) is 18.3 Å². The van der Waals surface area contributed by atoms with Gasteiger partial charge in [0.25, 0.3) is 5.91 Å². The van der Waals surface area contributed by atoms with E-state index in [0.717, 1.165) is 12.8 Å². The lowest BCUT2D eigenvalue weighted by molar-refractivity contribution is -0.144. The molecule has 2 saturated carbocycles. The van der Waals surface area contributed by atoms with Crippen molar-refractivity contribution in [1.82, 2.24) is 30.4 Å². The van der Waals surface area contributed by atoms with E-state index < -0.39 is 48.8 Å². The van der Waals surface area contributed by atoms with Crippen LogP contribution in [0, 0.1) is 18.8 Å². The number of nitrogens with zero attached hydrogens (tertiary/aromatic N) is 4. The Morgan fingerprint density at radius 1 is 1.09 bits per heavy atom. The Balaban J connectivity index is 1.42. The van der Waals surface area contributed by atoms with Gasteiger partial charge in [-0.05, 0) is 56.1 Å². The van der Waals surface area contributed by atoms with E-state index in [4.69, 9.17) is 9.51 Å². The molecule has 0 aromatic carbocycles. The van der Waals surface area contributed by atoms with Crippen molar-refractivity contribution in [2.24, 2.45) is 11.8 Å². The number of carbonyl (C=O) groups excluding carboxylic acids is 2. The average Bonchev–Trinajstić information content (AvgIpc) is 3.56. The van der Waals surface area contributed by atoms with Crippen LogP contribution in [0.15, 0.2) is 23.0 Å². The molecular weight excluding hydrogens is 575 g/mol. The van der Waals surface area contributed by atoms with Crippen molar-refractivity contribution in [1.29, 1.82) is 0 Å². The Morgan fingerprint density at radius 3 is 2.40 bits per heavy atom. The average molecular weight is 611 g/mol. The van der Waals surface area contributed by atoms with Crippen LogP contribution < -0.4 is 10.6 Å². The zero-order valence-electron chi connectivity index (χ0n) is 24.2. The lowest BCUT2D eigenvalue weighted by atomic mass is 9.81. The molecule has 0 aliphatic heterocycles. The van der Waals surface area contributed by atoms with E-state index in [-0.39, 0.29) is 43.4 Å². The van der Waals surface area contributed by atoms with Gasteiger partial charge in [-0.3, -0.25) is 9.59 Å². The number of aryl methyl sites for hydroxylation is 1. The molecule has 0 bridgehead atoms. The van der Waals surface area contributed by atoms with E-state index in [1.54, 1.807) is 19.2 Å². The quantitative estimate of drug-likeness (QED) is 0.259. The van der Waals surface area contributed by atoms with E-state index >= 15 is 0 Å². The van der Waals surface area contributed by atoms with E-state index in [2.05, 4.69) is 20.9 Å². The van der Waals surface area contributed by atoms with Crippen molar-refractivity contribution in [3.05, 3.63) is 46.7 Å². The molecule has 2 N–H and O–H groups in total. The molecule has 234 valence electrons. The SMILES string of the molecule is Cc1noc(C(C)C)c1C(=O)N[C@H](c1cn2ncc(C(NC(=O)CCC(F)(F)F)C3CC3)cc2n1)C1CCC(F)(F)CC1. The monoisotopic (exact) mass is 610 g/mol. The van der Waals surface area contributed by atoms with Gasteiger partial charge in [-0.25, -0.2) is 18.3 Å². The van der Waals surface area contributed by atoms with Crippen LogP contribution in [-0.4, -0.2) is 43.7 Å². The number of imidazole rings is 1. The van der Waals surface area contributed by atoms with Crippen LogP contribution in [-0.2, 0) is 4.79 Å². The molecule has 3 heterocycles. The highest BCUT2D eigenvalue weighted by atomic mass is 19.4. The number of hydrogen-bond acceptors (Lipinski definition) is 6. The van der Waals surface area contributed by atoms with Crippen LogP contribution in [0.3, 0.4) is 0 Å². The lowest BCUT2D eigenvalue weighted by Gasteiger charge is -2.33. The summed E-state index contributed by atoms with van der Waals surface area (Å²) in [5.74, 6) is -3.83. The van der Waals surface area contributed by atoms with Crippen LogP contribution in [0.1, 0.15) is 116 Å². The minimum absolute atomic E-state index is 0.0754. The van der Waals surface area contributed by atoms with Crippen LogP contribution in [0.2, 0.25) is 0 Å². The van der Waals surface area contributed by atoms with E-state index in [1.807, 2.05) is 13.8 Å². The van der Waals surface area contributed by atoms with E-state index in [1.165, 1.54) is 10.7 Å². The molecule has 14 heteroatoms. The molecule has 2 atom stereocenters. The minimum atomic E-state index is -4.43. The van der Waals surface area contributed by atoms with Crippen molar-refractivity contribution in [2.45, 2.75) is 102 Å². The number of amides is 2. The summed E-state index contributed by atoms with van der Waals surface area (Å²) in [5.41, 5.74) is 2.16. The topological polar surface area (TPSA) is 114 Å². The van der Waals surface area contributed by atoms with Gasteiger partial charge in [0, 0.05) is 25.2 Å². The predicted octanol–water partition coefficient (Wildman–Crippen LogP) is 6.36. The molecule has 5 rings (SSSR count). The third kappa shape index (κ3) is 7.32. The molecule has 2 amide bonds. The summed E-state index contributed by atoms with van der Waals surface area (Å²) in [5, 5.41) is 14.1. The molecular formula is C29H35F5N6O3. The van der Waals surface area contributed by atoms with Crippen molar-refractivity contribution >= 4 is 17.5 Å². The van der Waals surface area contributed by atoms with Gasteiger partial charge < -0.3 is 15.2 Å². The molecule has 3 aromatic rings. The van der Waals surface area contributed by atoms with Gasteiger partial charge in [0.1, 0.15) is 5.56 Å². The van der Waals surface area contributed by atoms with Crippen LogP contribution in [0.5, 0.6) is 0 Å². The molecule has 0 saturated heterocycles. The zero-order valence-corrected chi connectivity index (χ0v) is 24.2. The molecule has 0 spiro atoms. The maximum absolute atomic E-state index is 14.1. The first-order chi connectivity index (χ1) is 20.2. The van der Waals surface area contributed by atoms with E-state index in [0.29, 0.717) is 33.9 Å². The van der Waals surface area contributed by atoms with Crippen molar-refractivity contribution in [3.63, 3.8) is 0 Å². The molecule has 1 unspecified atom stereocenters. The number of nitrogens with one attached hydrogen (secondary N) is 2. The largest absolute Gasteiger partial charge is 0.389 e. The minimum Gasteiger partial charge on any atom is -0.360 e. The fourth-order valence-electron chi connectivity index (χ4n) is 5.73. The first-order valence-corrected chi connectivity index (χ1v) is 14.6. The van der Waals surface area contributed by atoms with Gasteiger partial charge in [-0.1, -0.05) is 19.0 Å². The predicted molar refractivity (Wildman–Crippen MR) is 144 cm³/mol. The summed E-state index contributed by atoms with van der Waals surface area (Å²) in [4.78, 5) is 30.6. The van der Waals surface area contributed by atoms with Gasteiger partial charge in [0.15, 0.2) is 11.4 Å². The van der Waals surface area contributed by atoms with Gasteiger partial charge in [0.2, 0.25) is 11.8 Å². The molecule has 2 fully saturated rings. The standard InChI is InChI=1S/C29H35F5N6O3/c1-15(2)26-23(16(3)39-43-26)27(42)38-25(18-6-9-28(30,31)10-7-18)20-14-40-21(36-20)12-19(13-35-40)24(17-4-5-17)37-22(41)8-11-29(32,33)34/h12-15,17-18,24-25H,4-11H2,1-3H3,(H,37,41)(H,38,42)/t24?,25-/m0/s1. The third-order valence-electron chi connectivity index (χ3n) is 8.24. The number of carbonyl (C=O) groups is 2. The third-order valence-corrected chi connectivity index (χ3v) is 8.24. The second-order valence-electron chi connectivity index (χ2n) is 12.1. The summed E-state index contributed by atoms with van der Waals surface area (Å²) in [6, 6.07) is 0.489. The van der Waals surface area contributed by atoms with Crippen LogP contribution in [0.25, 0.3) is 5.65 Å². The smallest absolute Gasteiger partial charge is 0.360 e. The molecule has 3 aromatic heterocycles. The molecule has 2 aliphatic rings. The Labute approximate surface area is 245 Å². The van der Waals surface area contributed by atoms with Gasteiger partial charge in [-0.15, -0.1) is 0 Å². The Bertz CT molecular complexity index is 1470. The Morgan fingerprint density at radius 2 is 1.77 bits per heavy atom. The highest BCUT2D eigenvalue weighted by Crippen LogP contribution is 2.43. The van der Waals surface area contributed by atoms with Crippen molar-refractivity contribution in [3.8, 4) is 0 Å². The molecule has 0 radical (unpaired) electrons. The first kappa shape index (κ1) is 30.9. The number of hydrogen-bond donors (Lipinski definition) is 2. The highest BCUT2D eigenvalue weighted by molar-refractivity contribution is 5.96. The Kier molecular flexibility index (Phi) is 8.50. The first-order valence-electron chi connectivity index (χ1n) is 14.6. The lowest BCUT2D eigenvalue weighted by Crippen LogP contribution is -2.37. The van der Waals surface area contributed by atoms with Crippen LogP contribution >= 0.6 is 0 Å². The summed E-state index contributed by atoms with van der Waals surface area (Å²) in [6.45, 7) is 5.40. The highest BCUT2D eigenvalue weighted by Gasteiger charge is 2.40. The fourth-order valence-corrected chi connectivity index (χ4v) is 5.73. The number of fused-ring (bicyclic) bond motifs is 1. The maximum atomic E-state index is 14.1. The maximum Gasteiger partial charge on any atom is 0.389 e.